The fourth-order valence-electron chi connectivity index (χ4n) is 2.36. The van der Waals surface area contributed by atoms with Crippen molar-refractivity contribution in [1.29, 1.82) is 0 Å². The average Bonchev–Trinajstić information content (AvgIpc) is 2.55. The second kappa shape index (κ2) is 6.67. The van der Waals surface area contributed by atoms with Crippen molar-refractivity contribution < 1.29 is 4.74 Å². The minimum Gasteiger partial charge on any atom is -0.494 e. The Bertz CT molecular complexity index is 824. The molecule has 2 aromatic carbocycles. The summed E-state index contributed by atoms with van der Waals surface area (Å²) in [6.07, 6.45) is 2.60. The Morgan fingerprint density at radius 3 is 2.59 bits per heavy atom. The van der Waals surface area contributed by atoms with Gasteiger partial charge in [0.05, 0.1) is 6.61 Å². The monoisotopic (exact) mass is 313 g/mol. The van der Waals surface area contributed by atoms with Crippen LogP contribution in [0.5, 0.6) is 5.75 Å². The number of hydrogen-bond donors (Lipinski definition) is 0. The van der Waals surface area contributed by atoms with Crippen LogP contribution in [-0.4, -0.2) is 11.2 Å². The van der Waals surface area contributed by atoms with Crippen molar-refractivity contribution in [3.8, 4) is 5.75 Å². The topological polar surface area (TPSA) is 31.2 Å². The van der Waals surface area contributed by atoms with Gasteiger partial charge in [-0.15, -0.1) is 0 Å². The predicted molar refractivity (Wildman–Crippen MR) is 89.8 cm³/mol. The quantitative estimate of drug-likeness (QED) is 0.663. The molecular formula is C18H16ClNO2. The zero-order chi connectivity index (χ0) is 15.4. The van der Waals surface area contributed by atoms with Gasteiger partial charge in [-0.05, 0) is 48.2 Å². The van der Waals surface area contributed by atoms with Crippen molar-refractivity contribution in [1.82, 2.24) is 4.57 Å². The first-order valence-corrected chi connectivity index (χ1v) is 7.58. The van der Waals surface area contributed by atoms with Crippen molar-refractivity contribution >= 4 is 22.4 Å². The number of ether oxygens (including phenoxy) is 1. The number of benzene rings is 2. The zero-order valence-corrected chi connectivity index (χ0v) is 12.8. The maximum Gasteiger partial charge on any atom is 0.258 e. The molecule has 0 aliphatic carbocycles. The van der Waals surface area contributed by atoms with Crippen LogP contribution in [-0.2, 0) is 6.54 Å². The van der Waals surface area contributed by atoms with E-state index in [1.807, 2.05) is 48.7 Å². The Labute approximate surface area is 133 Å². The van der Waals surface area contributed by atoms with Crippen LogP contribution in [0, 0.1) is 0 Å². The summed E-state index contributed by atoms with van der Waals surface area (Å²) in [7, 11) is 0. The van der Waals surface area contributed by atoms with Crippen LogP contribution >= 0.6 is 11.6 Å². The van der Waals surface area contributed by atoms with Gasteiger partial charge in [0.1, 0.15) is 5.75 Å². The molecule has 3 aromatic rings. The van der Waals surface area contributed by atoms with Crippen LogP contribution in [0.2, 0.25) is 5.02 Å². The van der Waals surface area contributed by atoms with Crippen LogP contribution in [0.15, 0.2) is 65.6 Å². The highest BCUT2D eigenvalue weighted by Crippen LogP contribution is 2.15. The fraction of sp³-hybridized carbons (Fsp3) is 0.167. The summed E-state index contributed by atoms with van der Waals surface area (Å²) in [6.45, 7) is 1.19. The predicted octanol–water partition coefficient (Wildman–Crippen LogP) is 4.12. The van der Waals surface area contributed by atoms with Gasteiger partial charge in [0.2, 0.25) is 0 Å². The van der Waals surface area contributed by atoms with E-state index in [4.69, 9.17) is 16.3 Å². The number of hydrogen-bond acceptors (Lipinski definition) is 2. The lowest BCUT2D eigenvalue weighted by molar-refractivity contribution is 0.301. The molecule has 0 aliphatic rings. The number of aromatic nitrogens is 1. The normalized spacial score (nSPS) is 10.8. The summed E-state index contributed by atoms with van der Waals surface area (Å²) in [5.41, 5.74) is 0.0459. The van der Waals surface area contributed by atoms with Gasteiger partial charge in [-0.3, -0.25) is 4.79 Å². The van der Waals surface area contributed by atoms with Gasteiger partial charge in [0, 0.05) is 23.2 Å². The third kappa shape index (κ3) is 3.31. The first-order chi connectivity index (χ1) is 10.7. The number of aryl methyl sites for hydroxylation is 1. The molecule has 0 amide bonds. The molecule has 0 N–H and O–H groups in total. The van der Waals surface area contributed by atoms with E-state index >= 15 is 0 Å². The van der Waals surface area contributed by atoms with Crippen LogP contribution in [0.3, 0.4) is 0 Å². The SMILES string of the molecule is O=c1c2ccccc2ccn1CCCOc1ccc(Cl)cc1. The highest BCUT2D eigenvalue weighted by atomic mass is 35.5. The largest absolute Gasteiger partial charge is 0.494 e. The second-order valence-corrected chi connectivity index (χ2v) is 5.49. The Morgan fingerprint density at radius 2 is 1.77 bits per heavy atom. The molecule has 0 bridgehead atoms. The van der Waals surface area contributed by atoms with Crippen LogP contribution < -0.4 is 10.3 Å². The highest BCUT2D eigenvalue weighted by molar-refractivity contribution is 6.30. The van der Waals surface area contributed by atoms with Gasteiger partial charge in [-0.1, -0.05) is 29.8 Å². The summed E-state index contributed by atoms with van der Waals surface area (Å²) in [5.74, 6) is 0.787. The van der Waals surface area contributed by atoms with E-state index < -0.39 is 0 Å². The Hall–Kier alpha value is -2.26. The summed E-state index contributed by atoms with van der Waals surface area (Å²) in [6, 6.07) is 16.9. The summed E-state index contributed by atoms with van der Waals surface area (Å²) >= 11 is 5.82. The first-order valence-electron chi connectivity index (χ1n) is 7.20. The maximum atomic E-state index is 12.3. The highest BCUT2D eigenvalue weighted by Gasteiger charge is 2.02. The van der Waals surface area contributed by atoms with E-state index in [9.17, 15) is 4.79 Å². The molecule has 1 heterocycles. The summed E-state index contributed by atoms with van der Waals surface area (Å²) in [5, 5.41) is 2.42. The molecule has 0 unspecified atom stereocenters. The van der Waals surface area contributed by atoms with E-state index in [1.54, 1.807) is 16.7 Å². The van der Waals surface area contributed by atoms with Crippen molar-refractivity contribution in [2.24, 2.45) is 0 Å². The van der Waals surface area contributed by atoms with Crippen molar-refractivity contribution in [2.75, 3.05) is 6.61 Å². The van der Waals surface area contributed by atoms with Crippen LogP contribution in [0.25, 0.3) is 10.8 Å². The van der Waals surface area contributed by atoms with Gasteiger partial charge in [0.25, 0.3) is 5.56 Å². The Kier molecular flexibility index (Phi) is 4.45. The van der Waals surface area contributed by atoms with Gasteiger partial charge >= 0.3 is 0 Å². The van der Waals surface area contributed by atoms with Gasteiger partial charge in [-0.25, -0.2) is 0 Å². The van der Waals surface area contributed by atoms with Gasteiger partial charge in [-0.2, -0.15) is 0 Å². The van der Waals surface area contributed by atoms with E-state index in [2.05, 4.69) is 0 Å². The fourth-order valence-corrected chi connectivity index (χ4v) is 2.49. The summed E-state index contributed by atoms with van der Waals surface area (Å²) in [4.78, 5) is 12.3. The third-order valence-corrected chi connectivity index (χ3v) is 3.76. The third-order valence-electron chi connectivity index (χ3n) is 3.51. The molecule has 0 aliphatic heterocycles. The number of fused-ring (bicyclic) bond motifs is 1. The molecule has 0 fully saturated rings. The Morgan fingerprint density at radius 1 is 1.00 bits per heavy atom. The molecule has 1 aromatic heterocycles. The smallest absolute Gasteiger partial charge is 0.258 e. The van der Waals surface area contributed by atoms with E-state index in [-0.39, 0.29) is 5.56 Å². The van der Waals surface area contributed by atoms with Crippen molar-refractivity contribution in [3.05, 3.63) is 76.2 Å². The average molecular weight is 314 g/mol. The molecular weight excluding hydrogens is 298 g/mol. The lowest BCUT2D eigenvalue weighted by atomic mass is 10.2. The van der Waals surface area contributed by atoms with Crippen LogP contribution in [0.4, 0.5) is 0 Å². The molecule has 0 spiro atoms. The van der Waals surface area contributed by atoms with Gasteiger partial charge < -0.3 is 9.30 Å². The Balaban J connectivity index is 1.61. The van der Waals surface area contributed by atoms with E-state index in [1.165, 1.54) is 0 Å². The van der Waals surface area contributed by atoms with Crippen molar-refractivity contribution in [2.45, 2.75) is 13.0 Å². The minimum atomic E-state index is 0.0459. The number of halogens is 1. The zero-order valence-electron chi connectivity index (χ0n) is 12.0. The van der Waals surface area contributed by atoms with Gasteiger partial charge in [0.15, 0.2) is 0 Å². The first kappa shape index (κ1) is 14.7. The lowest BCUT2D eigenvalue weighted by Crippen LogP contribution is -2.20. The van der Waals surface area contributed by atoms with E-state index in [0.717, 1.165) is 22.9 Å². The molecule has 0 radical (unpaired) electrons. The summed E-state index contributed by atoms with van der Waals surface area (Å²) < 4.78 is 7.37. The van der Waals surface area contributed by atoms with Crippen molar-refractivity contribution in [3.63, 3.8) is 0 Å². The van der Waals surface area contributed by atoms with Crippen LogP contribution in [0.1, 0.15) is 6.42 Å². The number of pyridine rings is 1. The second-order valence-electron chi connectivity index (χ2n) is 5.06. The molecule has 3 nitrogen and oxygen atoms in total. The maximum absolute atomic E-state index is 12.3. The lowest BCUT2D eigenvalue weighted by Gasteiger charge is -2.09. The molecule has 22 heavy (non-hydrogen) atoms. The number of nitrogens with zero attached hydrogens (tertiary/aromatic N) is 1. The molecule has 112 valence electrons. The molecule has 0 atom stereocenters. The molecule has 3 rings (SSSR count). The van der Waals surface area contributed by atoms with E-state index in [0.29, 0.717) is 18.2 Å². The molecule has 0 saturated carbocycles. The molecule has 0 saturated heterocycles. The number of rotatable bonds is 5. The molecule has 4 heteroatoms. The minimum absolute atomic E-state index is 0.0459. The standard InChI is InChI=1S/C18H16ClNO2/c19-15-6-8-16(9-7-15)22-13-3-11-20-12-10-14-4-1-2-5-17(14)18(20)21/h1-2,4-10,12H,3,11,13H2.